The molecule has 1 fully saturated rings. The highest BCUT2D eigenvalue weighted by Gasteiger charge is 2.25. The van der Waals surface area contributed by atoms with E-state index in [1.54, 1.807) is 24.5 Å². The second kappa shape index (κ2) is 8.46. The van der Waals surface area contributed by atoms with Gasteiger partial charge in [-0.2, -0.15) is 0 Å². The molecule has 0 bridgehead atoms. The van der Waals surface area contributed by atoms with Crippen molar-refractivity contribution in [2.45, 2.75) is 19.5 Å². The summed E-state index contributed by atoms with van der Waals surface area (Å²) in [5, 5.41) is 13.9. The third kappa shape index (κ3) is 3.99. The smallest absolute Gasteiger partial charge is 0.120 e. The Balaban J connectivity index is 1.29. The van der Waals surface area contributed by atoms with Crippen LogP contribution >= 0.6 is 11.3 Å². The Morgan fingerprint density at radius 1 is 1.06 bits per heavy atom. The van der Waals surface area contributed by atoms with Gasteiger partial charge in [0.1, 0.15) is 16.5 Å². The standard InChI is InChI=1S/C25H27N3O2S/c1-17(25-26-22-5-3-4-6-24(22)31-25)28-13-11-27(12-14-28)16-21-20-15-19(30-2)9-7-18(20)8-10-23(21)29/h3-10,15,17,29H,11-14,16H2,1-2H3. The van der Waals surface area contributed by atoms with Crippen LogP contribution in [0.15, 0.2) is 54.6 Å². The Morgan fingerprint density at radius 3 is 2.61 bits per heavy atom. The molecule has 1 saturated heterocycles. The van der Waals surface area contributed by atoms with Crippen LogP contribution in [-0.2, 0) is 6.54 Å². The molecule has 1 unspecified atom stereocenters. The van der Waals surface area contributed by atoms with Crippen LogP contribution in [-0.4, -0.2) is 53.2 Å². The second-order valence-corrected chi connectivity index (χ2v) is 9.22. The van der Waals surface area contributed by atoms with E-state index in [1.165, 1.54) is 9.71 Å². The maximum Gasteiger partial charge on any atom is 0.120 e. The topological polar surface area (TPSA) is 48.8 Å². The summed E-state index contributed by atoms with van der Waals surface area (Å²) in [6.45, 7) is 6.91. The van der Waals surface area contributed by atoms with Gasteiger partial charge in [-0.05, 0) is 48.0 Å². The molecule has 1 atom stereocenters. The zero-order valence-corrected chi connectivity index (χ0v) is 18.7. The van der Waals surface area contributed by atoms with E-state index in [1.807, 2.05) is 24.3 Å². The van der Waals surface area contributed by atoms with E-state index in [2.05, 4.69) is 41.0 Å². The number of hydrogen-bond acceptors (Lipinski definition) is 6. The van der Waals surface area contributed by atoms with E-state index in [0.717, 1.165) is 60.3 Å². The molecule has 31 heavy (non-hydrogen) atoms. The lowest BCUT2D eigenvalue weighted by Crippen LogP contribution is -2.46. The fourth-order valence-corrected chi connectivity index (χ4v) is 5.45. The molecule has 4 aromatic rings. The molecule has 0 aliphatic carbocycles. The number of thiazole rings is 1. The SMILES string of the molecule is COc1ccc2ccc(O)c(CN3CCN(C(C)c4nc5ccccc5s4)CC3)c2c1. The first kappa shape index (κ1) is 20.2. The number of nitrogens with zero attached hydrogens (tertiary/aromatic N) is 3. The van der Waals surface area contributed by atoms with Crippen LogP contribution in [0.5, 0.6) is 11.5 Å². The average Bonchev–Trinajstić information content (AvgIpc) is 3.25. The maximum atomic E-state index is 10.6. The second-order valence-electron chi connectivity index (χ2n) is 8.16. The van der Waals surface area contributed by atoms with Crippen LogP contribution in [0.2, 0.25) is 0 Å². The highest BCUT2D eigenvalue weighted by Crippen LogP contribution is 2.33. The van der Waals surface area contributed by atoms with E-state index in [9.17, 15) is 5.11 Å². The molecular weight excluding hydrogens is 406 g/mol. The number of benzene rings is 3. The molecule has 0 saturated carbocycles. The number of phenolic OH excluding ortho intramolecular Hbond substituents is 1. The minimum atomic E-state index is 0.315. The Labute approximate surface area is 186 Å². The van der Waals surface area contributed by atoms with Crippen LogP contribution in [0.4, 0.5) is 0 Å². The quantitative estimate of drug-likeness (QED) is 0.478. The average molecular weight is 434 g/mol. The van der Waals surface area contributed by atoms with Gasteiger partial charge >= 0.3 is 0 Å². The summed E-state index contributed by atoms with van der Waals surface area (Å²) in [6.07, 6.45) is 0. The number of phenols is 1. The molecular formula is C25H27N3O2S. The molecule has 0 radical (unpaired) electrons. The van der Waals surface area contributed by atoms with Crippen molar-refractivity contribution in [1.29, 1.82) is 0 Å². The van der Waals surface area contributed by atoms with Crippen molar-refractivity contribution in [3.63, 3.8) is 0 Å². The number of aromatic nitrogens is 1. The predicted octanol–water partition coefficient (Wildman–Crippen LogP) is 5.04. The number of ether oxygens (including phenoxy) is 1. The van der Waals surface area contributed by atoms with E-state index in [4.69, 9.17) is 9.72 Å². The number of rotatable bonds is 5. The fraction of sp³-hybridized carbons (Fsp3) is 0.320. The molecule has 3 aromatic carbocycles. The summed E-state index contributed by atoms with van der Waals surface area (Å²) in [7, 11) is 1.68. The van der Waals surface area contributed by atoms with Crippen LogP contribution in [0.1, 0.15) is 23.5 Å². The van der Waals surface area contributed by atoms with Crippen molar-refractivity contribution >= 4 is 32.3 Å². The van der Waals surface area contributed by atoms with Gasteiger partial charge in [-0.3, -0.25) is 9.80 Å². The lowest BCUT2D eigenvalue weighted by Gasteiger charge is -2.37. The fourth-order valence-electron chi connectivity index (χ4n) is 4.40. The van der Waals surface area contributed by atoms with Gasteiger partial charge in [-0.25, -0.2) is 4.98 Å². The van der Waals surface area contributed by atoms with Crippen molar-refractivity contribution < 1.29 is 9.84 Å². The first-order chi connectivity index (χ1) is 15.1. The number of aromatic hydroxyl groups is 1. The predicted molar refractivity (Wildman–Crippen MR) is 127 cm³/mol. The van der Waals surface area contributed by atoms with E-state index in [0.29, 0.717) is 11.8 Å². The van der Waals surface area contributed by atoms with Crippen molar-refractivity contribution in [3.05, 3.63) is 65.2 Å². The minimum Gasteiger partial charge on any atom is -0.508 e. The van der Waals surface area contributed by atoms with Crippen LogP contribution < -0.4 is 4.74 Å². The van der Waals surface area contributed by atoms with Crippen LogP contribution in [0, 0.1) is 0 Å². The molecule has 0 spiro atoms. The Bertz CT molecular complexity index is 1180. The summed E-state index contributed by atoms with van der Waals surface area (Å²) in [6, 6.07) is 18.5. The molecule has 5 rings (SSSR count). The van der Waals surface area contributed by atoms with Gasteiger partial charge in [0, 0.05) is 38.3 Å². The molecule has 1 aliphatic heterocycles. The highest BCUT2D eigenvalue weighted by atomic mass is 32.1. The van der Waals surface area contributed by atoms with Crippen LogP contribution in [0.3, 0.4) is 0 Å². The lowest BCUT2D eigenvalue weighted by atomic mass is 10.0. The van der Waals surface area contributed by atoms with Gasteiger partial charge in [-0.1, -0.05) is 24.3 Å². The number of hydrogen-bond donors (Lipinski definition) is 1. The third-order valence-corrected chi connectivity index (χ3v) is 7.53. The summed E-state index contributed by atoms with van der Waals surface area (Å²) < 4.78 is 6.66. The van der Waals surface area contributed by atoms with Crippen molar-refractivity contribution in [3.8, 4) is 11.5 Å². The molecule has 1 aliphatic rings. The van der Waals surface area contributed by atoms with Crippen molar-refractivity contribution in [1.82, 2.24) is 14.8 Å². The highest BCUT2D eigenvalue weighted by molar-refractivity contribution is 7.18. The van der Waals surface area contributed by atoms with Gasteiger partial charge in [-0.15, -0.1) is 11.3 Å². The summed E-state index contributed by atoms with van der Waals surface area (Å²) in [5.74, 6) is 1.17. The number of methoxy groups -OCH3 is 1. The van der Waals surface area contributed by atoms with E-state index in [-0.39, 0.29) is 0 Å². The Hall–Kier alpha value is -2.67. The largest absolute Gasteiger partial charge is 0.508 e. The minimum absolute atomic E-state index is 0.315. The molecule has 0 amide bonds. The zero-order chi connectivity index (χ0) is 21.4. The zero-order valence-electron chi connectivity index (χ0n) is 17.9. The summed E-state index contributed by atoms with van der Waals surface area (Å²) in [4.78, 5) is 9.80. The van der Waals surface area contributed by atoms with Gasteiger partial charge in [0.25, 0.3) is 0 Å². The molecule has 5 nitrogen and oxygen atoms in total. The van der Waals surface area contributed by atoms with Gasteiger partial charge in [0.15, 0.2) is 0 Å². The molecule has 2 heterocycles. The first-order valence-electron chi connectivity index (χ1n) is 10.7. The lowest BCUT2D eigenvalue weighted by molar-refractivity contribution is 0.0976. The van der Waals surface area contributed by atoms with Crippen molar-refractivity contribution in [2.75, 3.05) is 33.3 Å². The first-order valence-corrected chi connectivity index (χ1v) is 11.5. The number of piperazine rings is 1. The van der Waals surface area contributed by atoms with E-state index < -0.39 is 0 Å². The van der Waals surface area contributed by atoms with Gasteiger partial charge in [0.05, 0.1) is 23.4 Å². The monoisotopic (exact) mass is 433 g/mol. The van der Waals surface area contributed by atoms with Gasteiger partial charge < -0.3 is 9.84 Å². The molecule has 160 valence electrons. The number of para-hydroxylation sites is 1. The normalized spacial score (nSPS) is 16.7. The van der Waals surface area contributed by atoms with Gasteiger partial charge in [0.2, 0.25) is 0 Å². The third-order valence-electron chi connectivity index (χ3n) is 6.32. The summed E-state index contributed by atoms with van der Waals surface area (Å²) >= 11 is 1.80. The maximum absolute atomic E-state index is 10.6. The van der Waals surface area contributed by atoms with Crippen LogP contribution in [0.25, 0.3) is 21.0 Å². The Morgan fingerprint density at radius 2 is 1.84 bits per heavy atom. The Kier molecular flexibility index (Phi) is 5.52. The van der Waals surface area contributed by atoms with Crippen molar-refractivity contribution in [2.24, 2.45) is 0 Å². The summed E-state index contributed by atoms with van der Waals surface area (Å²) in [5.41, 5.74) is 2.07. The molecule has 6 heteroatoms. The van der Waals surface area contributed by atoms with E-state index >= 15 is 0 Å². The molecule has 1 aromatic heterocycles. The molecule has 1 N–H and O–H groups in total. The number of fused-ring (bicyclic) bond motifs is 2.